The quantitative estimate of drug-likeness (QED) is 0.501. The number of carbonyl (C=O) groups excluding carboxylic acids is 1. The van der Waals surface area contributed by atoms with Crippen molar-refractivity contribution in [2.75, 3.05) is 33.4 Å². The van der Waals surface area contributed by atoms with Crippen LogP contribution in [0.4, 0.5) is 0 Å². The van der Waals surface area contributed by atoms with E-state index in [1.54, 1.807) is 4.90 Å². The number of aliphatic hydroxyl groups is 1. The van der Waals surface area contributed by atoms with Gasteiger partial charge in [0.15, 0.2) is 10.7 Å². The van der Waals surface area contributed by atoms with Crippen LogP contribution >= 0.6 is 11.3 Å². The Morgan fingerprint density at radius 1 is 1.38 bits per heavy atom. The molecule has 1 aromatic carbocycles. The van der Waals surface area contributed by atoms with Crippen molar-refractivity contribution in [2.45, 2.75) is 26.0 Å². The molecule has 2 N–H and O–H groups in total. The third kappa shape index (κ3) is 5.63. The van der Waals surface area contributed by atoms with E-state index < -0.39 is 6.10 Å². The average molecular weight is 417 g/mol. The van der Waals surface area contributed by atoms with E-state index in [2.05, 4.69) is 22.4 Å². The molecule has 29 heavy (non-hydrogen) atoms. The van der Waals surface area contributed by atoms with E-state index >= 15 is 0 Å². The molecule has 3 aromatic rings. The molecule has 0 radical (unpaired) electrons. The second-order valence-electron chi connectivity index (χ2n) is 6.87. The number of carbonyl (C=O) groups is 1. The zero-order valence-corrected chi connectivity index (χ0v) is 17.7. The van der Waals surface area contributed by atoms with Crippen molar-refractivity contribution in [3.63, 3.8) is 0 Å². The number of aromatic nitrogens is 2. The zero-order valence-electron chi connectivity index (χ0n) is 16.9. The number of nitrogens with zero attached hydrogens (tertiary/aromatic N) is 3. The summed E-state index contributed by atoms with van der Waals surface area (Å²) in [5.41, 5.74) is 2.46. The fourth-order valence-electron chi connectivity index (χ4n) is 3.07. The number of hydrogen-bond acceptors (Lipinski definition) is 6. The summed E-state index contributed by atoms with van der Waals surface area (Å²) in [6.45, 7) is 4.20. The number of nitrogens with one attached hydrogen (secondary N) is 1. The Labute approximate surface area is 174 Å². The third-order valence-corrected chi connectivity index (χ3v) is 5.43. The van der Waals surface area contributed by atoms with E-state index in [4.69, 9.17) is 4.74 Å². The Bertz CT molecular complexity index is 909. The second kappa shape index (κ2) is 10.5. The Balaban J connectivity index is 1.65. The van der Waals surface area contributed by atoms with Crippen LogP contribution in [0.2, 0.25) is 0 Å². The van der Waals surface area contributed by atoms with Crippen molar-refractivity contribution in [1.82, 2.24) is 19.6 Å². The Morgan fingerprint density at radius 2 is 2.17 bits per heavy atom. The Kier molecular flexibility index (Phi) is 7.76. The molecule has 3 rings (SSSR count). The van der Waals surface area contributed by atoms with Crippen LogP contribution in [-0.2, 0) is 17.7 Å². The first-order chi connectivity index (χ1) is 14.1. The number of rotatable bonds is 11. The number of fused-ring (bicyclic) bond motifs is 1. The van der Waals surface area contributed by atoms with Gasteiger partial charge in [-0.1, -0.05) is 30.3 Å². The molecule has 0 spiro atoms. The molecule has 7 nitrogen and oxygen atoms in total. The van der Waals surface area contributed by atoms with Crippen LogP contribution in [0.25, 0.3) is 4.96 Å². The lowest BCUT2D eigenvalue weighted by atomic mass is 10.1. The van der Waals surface area contributed by atoms with Crippen molar-refractivity contribution in [3.05, 3.63) is 58.9 Å². The van der Waals surface area contributed by atoms with Gasteiger partial charge in [-0.25, -0.2) is 4.98 Å². The van der Waals surface area contributed by atoms with Crippen LogP contribution in [0, 0.1) is 0 Å². The molecule has 0 aliphatic rings. The van der Waals surface area contributed by atoms with Gasteiger partial charge in [-0.15, -0.1) is 11.3 Å². The first-order valence-corrected chi connectivity index (χ1v) is 10.7. The molecule has 0 saturated carbocycles. The summed E-state index contributed by atoms with van der Waals surface area (Å²) < 4.78 is 7.17. The first kappa shape index (κ1) is 21.4. The molecule has 2 heterocycles. The van der Waals surface area contributed by atoms with Gasteiger partial charge in [-0.05, 0) is 18.9 Å². The highest BCUT2D eigenvalue weighted by Gasteiger charge is 2.22. The number of ether oxygens (including phenoxy) is 1. The summed E-state index contributed by atoms with van der Waals surface area (Å²) >= 11 is 1.50. The molecule has 0 aliphatic heterocycles. The van der Waals surface area contributed by atoms with Crippen molar-refractivity contribution in [1.29, 1.82) is 0 Å². The molecule has 2 aromatic heterocycles. The number of amides is 1. The van der Waals surface area contributed by atoms with E-state index in [9.17, 15) is 9.90 Å². The van der Waals surface area contributed by atoms with Gasteiger partial charge in [0.25, 0.3) is 5.91 Å². The van der Waals surface area contributed by atoms with Gasteiger partial charge in [-0.3, -0.25) is 9.20 Å². The second-order valence-corrected chi connectivity index (χ2v) is 7.74. The minimum atomic E-state index is -0.589. The standard InChI is InChI=1S/C21H28N4O3S/c1-3-28-15-17(26)13-22-14-18-19(23-21-25(18)11-12-29-21)20(27)24(2)10-9-16-7-5-4-6-8-16/h4-8,11-12,17,22,26H,3,9-10,13-15H2,1-2H3/t17-/m0/s1. The van der Waals surface area contributed by atoms with Crippen LogP contribution in [0.3, 0.4) is 0 Å². The molecular formula is C21H28N4O3S. The molecule has 156 valence electrons. The predicted molar refractivity (Wildman–Crippen MR) is 114 cm³/mol. The molecular weight excluding hydrogens is 388 g/mol. The van der Waals surface area contributed by atoms with E-state index in [1.165, 1.54) is 16.9 Å². The highest BCUT2D eigenvalue weighted by molar-refractivity contribution is 7.15. The molecule has 0 saturated heterocycles. The van der Waals surface area contributed by atoms with Crippen molar-refractivity contribution in [2.24, 2.45) is 0 Å². The van der Waals surface area contributed by atoms with Crippen LogP contribution in [0.15, 0.2) is 41.9 Å². The van der Waals surface area contributed by atoms with Gasteiger partial charge in [0, 0.05) is 44.9 Å². The molecule has 8 heteroatoms. The van der Waals surface area contributed by atoms with Crippen molar-refractivity contribution >= 4 is 22.2 Å². The summed E-state index contributed by atoms with van der Waals surface area (Å²) in [6, 6.07) is 10.1. The fraction of sp³-hybridized carbons (Fsp3) is 0.429. The van der Waals surface area contributed by atoms with Crippen molar-refractivity contribution in [3.8, 4) is 0 Å². The molecule has 0 unspecified atom stereocenters. The van der Waals surface area contributed by atoms with E-state index in [1.807, 2.05) is 48.1 Å². The number of imidazole rings is 1. The van der Waals surface area contributed by atoms with E-state index in [0.29, 0.717) is 31.9 Å². The number of thiazole rings is 1. The van der Waals surface area contributed by atoms with Crippen LogP contribution in [-0.4, -0.2) is 64.8 Å². The van der Waals surface area contributed by atoms with Gasteiger partial charge >= 0.3 is 0 Å². The summed E-state index contributed by atoms with van der Waals surface area (Å²) in [5, 5.41) is 15.1. The lowest BCUT2D eigenvalue weighted by Crippen LogP contribution is -2.33. The minimum Gasteiger partial charge on any atom is -0.389 e. The largest absolute Gasteiger partial charge is 0.389 e. The number of aliphatic hydroxyl groups excluding tert-OH is 1. The molecule has 1 atom stereocenters. The summed E-state index contributed by atoms with van der Waals surface area (Å²) in [7, 11) is 1.81. The number of likely N-dealkylation sites (N-methyl/N-ethyl adjacent to an activating group) is 1. The Morgan fingerprint density at radius 3 is 2.93 bits per heavy atom. The normalized spacial score (nSPS) is 12.4. The summed E-state index contributed by atoms with van der Waals surface area (Å²) in [4.78, 5) is 20.1. The van der Waals surface area contributed by atoms with Gasteiger partial charge in [-0.2, -0.15) is 0 Å². The summed E-state index contributed by atoms with van der Waals surface area (Å²) in [6.07, 6.45) is 2.12. The van der Waals surface area contributed by atoms with Crippen LogP contribution < -0.4 is 5.32 Å². The average Bonchev–Trinajstić information content (AvgIpc) is 3.33. The smallest absolute Gasteiger partial charge is 0.274 e. The maximum absolute atomic E-state index is 13.1. The maximum atomic E-state index is 13.1. The molecule has 0 fully saturated rings. The summed E-state index contributed by atoms with van der Waals surface area (Å²) in [5.74, 6) is -0.0940. The van der Waals surface area contributed by atoms with Crippen LogP contribution in [0.1, 0.15) is 28.7 Å². The van der Waals surface area contributed by atoms with Gasteiger partial charge in [0.05, 0.1) is 18.4 Å². The number of hydrogen-bond donors (Lipinski definition) is 2. The minimum absolute atomic E-state index is 0.0940. The van der Waals surface area contributed by atoms with E-state index in [-0.39, 0.29) is 12.5 Å². The molecule has 1 amide bonds. The zero-order chi connectivity index (χ0) is 20.6. The highest BCUT2D eigenvalue weighted by atomic mass is 32.1. The highest BCUT2D eigenvalue weighted by Crippen LogP contribution is 2.19. The topological polar surface area (TPSA) is 79.1 Å². The van der Waals surface area contributed by atoms with Gasteiger partial charge in [0.1, 0.15) is 0 Å². The lowest BCUT2D eigenvalue weighted by molar-refractivity contribution is 0.0426. The maximum Gasteiger partial charge on any atom is 0.274 e. The predicted octanol–water partition coefficient (Wildman–Crippen LogP) is 2.20. The number of benzene rings is 1. The fourth-order valence-corrected chi connectivity index (χ4v) is 3.80. The van der Waals surface area contributed by atoms with Gasteiger partial charge < -0.3 is 20.1 Å². The molecule has 0 bridgehead atoms. The Hall–Kier alpha value is -2.26. The monoisotopic (exact) mass is 416 g/mol. The lowest BCUT2D eigenvalue weighted by Gasteiger charge is -2.17. The van der Waals surface area contributed by atoms with Crippen LogP contribution in [0.5, 0.6) is 0 Å². The third-order valence-electron chi connectivity index (χ3n) is 4.68. The van der Waals surface area contributed by atoms with E-state index in [0.717, 1.165) is 17.1 Å². The molecule has 0 aliphatic carbocycles. The SMILES string of the molecule is CCOC[C@@H](O)CNCc1c(C(=O)N(C)CCc2ccccc2)nc2sccn12. The van der Waals surface area contributed by atoms with Crippen molar-refractivity contribution < 1.29 is 14.6 Å². The first-order valence-electron chi connectivity index (χ1n) is 9.80. The van der Waals surface area contributed by atoms with Gasteiger partial charge in [0.2, 0.25) is 0 Å².